The third-order valence-corrected chi connectivity index (χ3v) is 9.05. The van der Waals surface area contributed by atoms with E-state index in [1.807, 2.05) is 58.0 Å². The number of carbonyl (C=O) groups excluding carboxylic acids is 3. The van der Waals surface area contributed by atoms with E-state index in [-0.39, 0.29) is 24.0 Å². The van der Waals surface area contributed by atoms with Crippen LogP contribution < -0.4 is 10.6 Å². The van der Waals surface area contributed by atoms with Gasteiger partial charge in [-0.1, -0.05) is 41.9 Å². The van der Waals surface area contributed by atoms with Crippen molar-refractivity contribution in [1.82, 2.24) is 25.2 Å². The van der Waals surface area contributed by atoms with E-state index < -0.39 is 35.0 Å². The number of amides is 2. The summed E-state index contributed by atoms with van der Waals surface area (Å²) in [6.07, 6.45) is 3.93. The maximum absolute atomic E-state index is 14.0. The Balaban J connectivity index is 1.29. The van der Waals surface area contributed by atoms with Crippen molar-refractivity contribution in [2.24, 2.45) is 0 Å². The number of hydrogen-bond donors (Lipinski definition) is 2. The Hall–Kier alpha value is -5.16. The molecule has 0 saturated carbocycles. The molecule has 2 heterocycles. The molecule has 2 aromatic heterocycles. The van der Waals surface area contributed by atoms with E-state index in [4.69, 9.17) is 16.3 Å². The Bertz CT molecular complexity index is 2140. The highest BCUT2D eigenvalue weighted by molar-refractivity contribution is 6.31. The van der Waals surface area contributed by atoms with Gasteiger partial charge in [0.05, 0.1) is 17.8 Å². The van der Waals surface area contributed by atoms with Gasteiger partial charge < -0.3 is 15.4 Å². The molecule has 2 N–H and O–H groups in total. The summed E-state index contributed by atoms with van der Waals surface area (Å²) >= 11 is 6.39. The van der Waals surface area contributed by atoms with Gasteiger partial charge in [0, 0.05) is 23.2 Å². The minimum absolute atomic E-state index is 0.0469. The van der Waals surface area contributed by atoms with Crippen LogP contribution in [-0.4, -0.2) is 38.0 Å². The lowest BCUT2D eigenvalue weighted by molar-refractivity contribution is 0.00683. The van der Waals surface area contributed by atoms with Crippen molar-refractivity contribution < 1.29 is 27.9 Å². The van der Waals surface area contributed by atoms with Crippen LogP contribution in [0.1, 0.15) is 97.9 Å². The van der Waals surface area contributed by atoms with Crippen LogP contribution in [0.4, 0.5) is 8.78 Å². The number of hydrogen-bond acceptors (Lipinski definition) is 6. The summed E-state index contributed by atoms with van der Waals surface area (Å²) in [6, 6.07) is 15.4. The van der Waals surface area contributed by atoms with Crippen LogP contribution in [0.3, 0.4) is 0 Å². The summed E-state index contributed by atoms with van der Waals surface area (Å²) < 4.78 is 34.2. The lowest BCUT2D eigenvalue weighted by Gasteiger charge is -2.21. The first-order chi connectivity index (χ1) is 23.8. The Labute approximate surface area is 293 Å². The summed E-state index contributed by atoms with van der Waals surface area (Å²) in [7, 11) is 0. The van der Waals surface area contributed by atoms with Crippen LogP contribution >= 0.6 is 11.6 Å². The average molecular weight is 700 g/mol. The van der Waals surface area contributed by atoms with Crippen LogP contribution in [0.2, 0.25) is 5.02 Å². The fourth-order valence-corrected chi connectivity index (χ4v) is 6.40. The number of nitrogens with zero attached hydrogens (tertiary/aromatic N) is 3. The SMILES string of the molecule is Cc1c(C(=O)OC(C)(C)C)ccc2c1CC[C@@H]2NC(=O)c1cc(C(=O)NCc2ccc(F)c(F)c2)nc2c(CCc3ccccc3Cl)cnn12. The third kappa shape index (κ3) is 7.38. The first kappa shape index (κ1) is 34.7. The molecule has 1 aliphatic rings. The first-order valence-electron chi connectivity index (χ1n) is 16.3. The summed E-state index contributed by atoms with van der Waals surface area (Å²) in [5.74, 6) is -3.50. The summed E-state index contributed by atoms with van der Waals surface area (Å²) in [5.41, 5.74) is 4.90. The molecule has 50 heavy (non-hydrogen) atoms. The molecule has 6 rings (SSSR count). The van der Waals surface area contributed by atoms with Crippen molar-refractivity contribution in [1.29, 1.82) is 0 Å². The van der Waals surface area contributed by atoms with E-state index in [0.29, 0.717) is 53.0 Å². The smallest absolute Gasteiger partial charge is 0.338 e. The Morgan fingerprint density at radius 3 is 2.48 bits per heavy atom. The van der Waals surface area contributed by atoms with E-state index in [2.05, 4.69) is 20.7 Å². The van der Waals surface area contributed by atoms with Gasteiger partial charge in [-0.25, -0.2) is 23.1 Å². The number of carbonyl (C=O) groups is 3. The quantitative estimate of drug-likeness (QED) is 0.159. The van der Waals surface area contributed by atoms with E-state index in [1.165, 1.54) is 16.6 Å². The molecule has 9 nitrogen and oxygen atoms in total. The largest absolute Gasteiger partial charge is 0.456 e. The zero-order chi connectivity index (χ0) is 35.7. The predicted molar refractivity (Wildman–Crippen MR) is 184 cm³/mol. The summed E-state index contributed by atoms with van der Waals surface area (Å²) in [6.45, 7) is 7.25. The molecule has 3 aromatic carbocycles. The van der Waals surface area contributed by atoms with Crippen LogP contribution in [-0.2, 0) is 30.5 Å². The molecule has 0 saturated heterocycles. The van der Waals surface area contributed by atoms with Crippen LogP contribution in [0, 0.1) is 18.6 Å². The fourth-order valence-electron chi connectivity index (χ4n) is 6.17. The minimum Gasteiger partial charge on any atom is -0.456 e. The second-order valence-electron chi connectivity index (χ2n) is 13.3. The molecule has 0 fully saturated rings. The van der Waals surface area contributed by atoms with Gasteiger partial charge in [-0.3, -0.25) is 9.59 Å². The van der Waals surface area contributed by atoms with Crippen molar-refractivity contribution in [2.45, 2.75) is 71.6 Å². The van der Waals surface area contributed by atoms with E-state index in [0.717, 1.165) is 34.4 Å². The van der Waals surface area contributed by atoms with Crippen molar-refractivity contribution in [3.63, 3.8) is 0 Å². The van der Waals surface area contributed by atoms with Gasteiger partial charge in [-0.2, -0.15) is 5.10 Å². The molecule has 0 aliphatic heterocycles. The van der Waals surface area contributed by atoms with Gasteiger partial charge >= 0.3 is 5.97 Å². The van der Waals surface area contributed by atoms with Crippen molar-refractivity contribution in [3.8, 4) is 0 Å². The number of rotatable bonds is 9. The molecule has 0 spiro atoms. The predicted octanol–water partition coefficient (Wildman–Crippen LogP) is 7.06. The molecule has 1 atom stereocenters. The van der Waals surface area contributed by atoms with Crippen molar-refractivity contribution in [3.05, 3.63) is 134 Å². The topological polar surface area (TPSA) is 115 Å². The number of benzene rings is 3. The summed E-state index contributed by atoms with van der Waals surface area (Å²) in [5, 5.41) is 10.9. The number of halogens is 3. The van der Waals surface area contributed by atoms with E-state index in [1.54, 1.807) is 12.3 Å². The molecule has 0 bridgehead atoms. The van der Waals surface area contributed by atoms with Gasteiger partial charge in [-0.05, 0) is 105 Å². The Morgan fingerprint density at radius 1 is 0.980 bits per heavy atom. The molecule has 0 radical (unpaired) electrons. The Kier molecular flexibility index (Phi) is 9.71. The lowest BCUT2D eigenvalue weighted by Crippen LogP contribution is -2.31. The number of ether oxygens (including phenoxy) is 1. The zero-order valence-electron chi connectivity index (χ0n) is 28.1. The number of aromatic nitrogens is 3. The fraction of sp³-hybridized carbons (Fsp3) is 0.289. The molecule has 1 aliphatic carbocycles. The molecular weight excluding hydrogens is 664 g/mol. The normalized spacial score (nSPS) is 14.0. The standard InChI is InChI=1S/C38H36ClF2N5O4/c1-21-25-14-16-31(27(25)13-12-26(21)37(49)50-38(2,3)4)45-36(48)33-18-32(35(47)42-19-22-9-15-29(40)30(41)17-22)44-34-24(20-43-46(33)34)11-10-23-7-5-6-8-28(23)39/h5-9,12-13,15,17-18,20,31H,10-11,14,16,19H2,1-4H3,(H,42,47)(H,45,48)/t31-/m0/s1. The van der Waals surface area contributed by atoms with E-state index >= 15 is 0 Å². The monoisotopic (exact) mass is 699 g/mol. The summed E-state index contributed by atoms with van der Waals surface area (Å²) in [4.78, 5) is 44.8. The minimum atomic E-state index is -1.03. The van der Waals surface area contributed by atoms with Gasteiger partial charge in [0.25, 0.3) is 11.8 Å². The highest BCUT2D eigenvalue weighted by Crippen LogP contribution is 2.35. The number of esters is 1. The van der Waals surface area contributed by atoms with Gasteiger partial charge in [0.15, 0.2) is 17.3 Å². The van der Waals surface area contributed by atoms with Crippen molar-refractivity contribution in [2.75, 3.05) is 0 Å². The van der Waals surface area contributed by atoms with Gasteiger partial charge in [-0.15, -0.1) is 0 Å². The Morgan fingerprint density at radius 2 is 1.74 bits per heavy atom. The number of nitrogens with one attached hydrogen (secondary N) is 2. The number of aryl methyl sites for hydroxylation is 2. The molecule has 0 unspecified atom stereocenters. The lowest BCUT2D eigenvalue weighted by atomic mass is 9.97. The maximum atomic E-state index is 14.0. The van der Waals surface area contributed by atoms with Crippen LogP contribution in [0.15, 0.2) is 66.9 Å². The highest BCUT2D eigenvalue weighted by atomic mass is 35.5. The van der Waals surface area contributed by atoms with Gasteiger partial charge in [0.2, 0.25) is 0 Å². The maximum Gasteiger partial charge on any atom is 0.338 e. The van der Waals surface area contributed by atoms with Crippen molar-refractivity contribution >= 4 is 35.0 Å². The second-order valence-corrected chi connectivity index (χ2v) is 13.7. The molecule has 2 amide bonds. The molecular formula is C38H36ClF2N5O4. The van der Waals surface area contributed by atoms with Crippen LogP contribution in [0.25, 0.3) is 5.65 Å². The number of fused-ring (bicyclic) bond motifs is 2. The molecule has 5 aromatic rings. The third-order valence-electron chi connectivity index (χ3n) is 8.69. The van der Waals surface area contributed by atoms with Crippen LogP contribution in [0.5, 0.6) is 0 Å². The van der Waals surface area contributed by atoms with E-state index in [9.17, 15) is 23.2 Å². The second kappa shape index (κ2) is 14.0. The highest BCUT2D eigenvalue weighted by Gasteiger charge is 2.30. The average Bonchev–Trinajstić information content (AvgIpc) is 3.68. The molecule has 258 valence electrons. The van der Waals surface area contributed by atoms with Gasteiger partial charge in [0.1, 0.15) is 17.0 Å². The molecule has 12 heteroatoms. The zero-order valence-corrected chi connectivity index (χ0v) is 28.8. The first-order valence-corrected chi connectivity index (χ1v) is 16.7.